The lowest BCUT2D eigenvalue weighted by Crippen LogP contribution is -2.33. The van der Waals surface area contributed by atoms with Crippen LogP contribution in [-0.4, -0.2) is 22.8 Å². The van der Waals surface area contributed by atoms with Gasteiger partial charge in [-0.3, -0.25) is 4.79 Å². The van der Waals surface area contributed by atoms with Crippen molar-refractivity contribution in [2.45, 2.75) is 64.0 Å². The van der Waals surface area contributed by atoms with E-state index in [1.165, 1.54) is 0 Å². The minimum atomic E-state index is -0.400. The fourth-order valence-electron chi connectivity index (χ4n) is 3.13. The van der Waals surface area contributed by atoms with Crippen LogP contribution in [0.3, 0.4) is 0 Å². The highest BCUT2D eigenvalue weighted by Crippen LogP contribution is 2.30. The monoisotopic (exact) mass is 321 g/mol. The van der Waals surface area contributed by atoms with Crippen molar-refractivity contribution in [2.75, 3.05) is 10.7 Å². The zero-order chi connectivity index (χ0) is 15.9. The third kappa shape index (κ3) is 4.26. The van der Waals surface area contributed by atoms with Crippen LogP contribution in [0.5, 0.6) is 0 Å². The molecule has 1 aromatic rings. The SMILES string of the molecule is CCCCCC(O)c1ccc(N2C(=O)CC[C@@H]2CCS)cc1. The smallest absolute Gasteiger partial charge is 0.227 e. The second kappa shape index (κ2) is 8.59. The van der Waals surface area contributed by atoms with E-state index in [1.54, 1.807) is 0 Å². The first-order chi connectivity index (χ1) is 10.7. The van der Waals surface area contributed by atoms with E-state index in [0.717, 1.165) is 55.5 Å². The van der Waals surface area contributed by atoms with Gasteiger partial charge >= 0.3 is 0 Å². The molecule has 0 spiro atoms. The number of aliphatic hydroxyl groups is 1. The molecular weight excluding hydrogens is 294 g/mol. The fraction of sp³-hybridized carbons (Fsp3) is 0.611. The van der Waals surface area contributed by atoms with Gasteiger partial charge in [0, 0.05) is 18.2 Å². The summed E-state index contributed by atoms with van der Waals surface area (Å²) in [5.74, 6) is 0.992. The molecule has 0 aliphatic carbocycles. The molecule has 0 aromatic heterocycles. The van der Waals surface area contributed by atoms with Gasteiger partial charge in [-0.2, -0.15) is 12.6 Å². The van der Waals surface area contributed by atoms with Gasteiger partial charge in [0.1, 0.15) is 0 Å². The van der Waals surface area contributed by atoms with Gasteiger partial charge in [0.05, 0.1) is 6.10 Å². The van der Waals surface area contributed by atoms with Gasteiger partial charge in [0.15, 0.2) is 0 Å². The van der Waals surface area contributed by atoms with E-state index >= 15 is 0 Å². The summed E-state index contributed by atoms with van der Waals surface area (Å²) in [5.41, 5.74) is 1.89. The minimum Gasteiger partial charge on any atom is -0.388 e. The summed E-state index contributed by atoms with van der Waals surface area (Å²) in [7, 11) is 0. The van der Waals surface area contributed by atoms with Crippen LogP contribution >= 0.6 is 12.6 Å². The molecule has 0 saturated carbocycles. The Morgan fingerprint density at radius 3 is 2.68 bits per heavy atom. The number of thiol groups is 1. The van der Waals surface area contributed by atoms with Gasteiger partial charge in [-0.25, -0.2) is 0 Å². The number of anilines is 1. The predicted molar refractivity (Wildman–Crippen MR) is 94.5 cm³/mol. The molecule has 22 heavy (non-hydrogen) atoms. The second-order valence-corrected chi connectivity index (χ2v) is 6.52. The number of aliphatic hydroxyl groups excluding tert-OH is 1. The standard InChI is InChI=1S/C18H27NO2S/c1-2-3-4-5-17(20)14-6-8-15(9-7-14)19-16(12-13-22)10-11-18(19)21/h6-9,16-17,20,22H,2-5,10-13H2,1H3/t16-,17?/m1/s1. The first-order valence-electron chi connectivity index (χ1n) is 8.38. The highest BCUT2D eigenvalue weighted by molar-refractivity contribution is 7.80. The second-order valence-electron chi connectivity index (χ2n) is 6.07. The number of hydrogen-bond donors (Lipinski definition) is 2. The average Bonchev–Trinajstić information content (AvgIpc) is 2.89. The van der Waals surface area contributed by atoms with Crippen molar-refractivity contribution in [3.63, 3.8) is 0 Å². The van der Waals surface area contributed by atoms with E-state index in [4.69, 9.17) is 0 Å². The molecule has 1 aromatic carbocycles. The zero-order valence-corrected chi connectivity index (χ0v) is 14.3. The van der Waals surface area contributed by atoms with Gasteiger partial charge in [0.2, 0.25) is 5.91 Å². The highest BCUT2D eigenvalue weighted by Gasteiger charge is 2.31. The Morgan fingerprint density at radius 1 is 1.32 bits per heavy atom. The molecule has 0 bridgehead atoms. The molecule has 1 N–H and O–H groups in total. The molecule has 1 unspecified atom stereocenters. The molecule has 1 heterocycles. The number of unbranched alkanes of at least 4 members (excludes halogenated alkanes) is 2. The number of carbonyl (C=O) groups is 1. The molecule has 4 heteroatoms. The molecule has 1 amide bonds. The van der Waals surface area contributed by atoms with Crippen molar-refractivity contribution in [2.24, 2.45) is 0 Å². The maximum Gasteiger partial charge on any atom is 0.227 e. The van der Waals surface area contributed by atoms with Crippen molar-refractivity contribution < 1.29 is 9.90 Å². The number of amides is 1. The molecule has 2 rings (SSSR count). The molecule has 0 radical (unpaired) electrons. The molecule has 1 fully saturated rings. The first kappa shape index (κ1) is 17.4. The fourth-order valence-corrected chi connectivity index (χ4v) is 3.43. The largest absolute Gasteiger partial charge is 0.388 e. The van der Waals surface area contributed by atoms with Gasteiger partial charge in [-0.15, -0.1) is 0 Å². The van der Waals surface area contributed by atoms with Crippen molar-refractivity contribution in [1.29, 1.82) is 0 Å². The van der Waals surface area contributed by atoms with Crippen LogP contribution in [0.25, 0.3) is 0 Å². The topological polar surface area (TPSA) is 40.5 Å². The maximum absolute atomic E-state index is 12.1. The maximum atomic E-state index is 12.1. The third-order valence-corrected chi connectivity index (χ3v) is 4.68. The first-order valence-corrected chi connectivity index (χ1v) is 9.01. The summed E-state index contributed by atoms with van der Waals surface area (Å²) in [5, 5.41) is 10.2. The van der Waals surface area contributed by atoms with E-state index in [2.05, 4.69) is 19.6 Å². The van der Waals surface area contributed by atoms with Crippen LogP contribution in [-0.2, 0) is 4.79 Å². The summed E-state index contributed by atoms with van der Waals surface area (Å²) in [6, 6.07) is 8.11. The van der Waals surface area contributed by atoms with E-state index in [9.17, 15) is 9.90 Å². The summed E-state index contributed by atoms with van der Waals surface area (Å²) in [6.45, 7) is 2.16. The number of nitrogens with zero attached hydrogens (tertiary/aromatic N) is 1. The normalized spacial score (nSPS) is 19.7. The van der Waals surface area contributed by atoms with Gasteiger partial charge in [0.25, 0.3) is 0 Å². The van der Waals surface area contributed by atoms with Crippen LogP contribution < -0.4 is 4.90 Å². The summed E-state index contributed by atoms with van der Waals surface area (Å²) in [4.78, 5) is 14.0. The predicted octanol–water partition coefficient (Wildman–Crippen LogP) is 4.12. The number of carbonyl (C=O) groups excluding carboxylic acids is 1. The van der Waals surface area contributed by atoms with Crippen LogP contribution in [0.4, 0.5) is 5.69 Å². The Morgan fingerprint density at radius 2 is 2.05 bits per heavy atom. The summed E-state index contributed by atoms with van der Waals surface area (Å²) in [6.07, 6.45) is 6.24. The lowest BCUT2D eigenvalue weighted by atomic mass is 10.0. The van der Waals surface area contributed by atoms with Crippen molar-refractivity contribution in [3.05, 3.63) is 29.8 Å². The summed E-state index contributed by atoms with van der Waals surface area (Å²) >= 11 is 4.29. The van der Waals surface area contributed by atoms with Crippen LogP contribution in [0, 0.1) is 0 Å². The molecular formula is C18H27NO2S. The molecule has 1 aliphatic rings. The van der Waals surface area contributed by atoms with Gasteiger partial charge in [-0.1, -0.05) is 38.3 Å². The lowest BCUT2D eigenvalue weighted by molar-refractivity contribution is -0.117. The van der Waals surface area contributed by atoms with E-state index in [-0.39, 0.29) is 11.9 Å². The quantitative estimate of drug-likeness (QED) is 0.558. The number of hydrogen-bond acceptors (Lipinski definition) is 3. The Balaban J connectivity index is 2.02. The highest BCUT2D eigenvalue weighted by atomic mass is 32.1. The Labute approximate surface area is 139 Å². The van der Waals surface area contributed by atoms with Crippen LogP contribution in [0.1, 0.15) is 63.5 Å². The molecule has 1 aliphatic heterocycles. The molecule has 2 atom stereocenters. The van der Waals surface area contributed by atoms with Crippen molar-refractivity contribution in [3.8, 4) is 0 Å². The lowest BCUT2D eigenvalue weighted by Gasteiger charge is -2.25. The van der Waals surface area contributed by atoms with E-state index < -0.39 is 6.10 Å². The van der Waals surface area contributed by atoms with Gasteiger partial charge in [-0.05, 0) is 42.7 Å². The molecule has 3 nitrogen and oxygen atoms in total. The number of rotatable bonds is 8. The Hall–Kier alpha value is -1.00. The Bertz CT molecular complexity index is 474. The van der Waals surface area contributed by atoms with Crippen molar-refractivity contribution >= 4 is 24.2 Å². The molecule has 1 saturated heterocycles. The summed E-state index contributed by atoms with van der Waals surface area (Å²) < 4.78 is 0. The van der Waals surface area contributed by atoms with Crippen LogP contribution in [0.2, 0.25) is 0 Å². The Kier molecular flexibility index (Phi) is 6.77. The average molecular weight is 321 g/mol. The molecule has 122 valence electrons. The zero-order valence-electron chi connectivity index (χ0n) is 13.4. The van der Waals surface area contributed by atoms with E-state index in [0.29, 0.717) is 6.42 Å². The number of benzene rings is 1. The minimum absolute atomic E-state index is 0.197. The van der Waals surface area contributed by atoms with Crippen LogP contribution in [0.15, 0.2) is 24.3 Å². The van der Waals surface area contributed by atoms with E-state index in [1.807, 2.05) is 29.2 Å². The third-order valence-electron chi connectivity index (χ3n) is 4.42. The van der Waals surface area contributed by atoms with Crippen molar-refractivity contribution in [1.82, 2.24) is 0 Å². The van der Waals surface area contributed by atoms with Gasteiger partial charge < -0.3 is 10.0 Å².